The van der Waals surface area contributed by atoms with Crippen LogP contribution >= 0.6 is 11.3 Å². The first-order valence-corrected chi connectivity index (χ1v) is 12.5. The average molecular weight is 526 g/mol. The molecule has 0 N–H and O–H groups in total. The summed E-state index contributed by atoms with van der Waals surface area (Å²) >= 11 is 1.53. The molecule has 1 aliphatic heterocycles. The highest BCUT2D eigenvalue weighted by molar-refractivity contribution is 7.12. The molecule has 1 atom stereocenters. The number of hydrazone groups is 1. The molecule has 1 unspecified atom stereocenters. The first kappa shape index (κ1) is 26.3. The number of carbonyl (C=O) groups is 2. The van der Waals surface area contributed by atoms with Crippen LogP contribution in [0.15, 0.2) is 65.1 Å². The maximum Gasteiger partial charge on any atom is 0.262 e. The number of benzene rings is 2. The van der Waals surface area contributed by atoms with E-state index in [2.05, 4.69) is 5.10 Å². The van der Waals surface area contributed by atoms with Crippen molar-refractivity contribution in [2.45, 2.75) is 12.5 Å². The zero-order chi connectivity index (χ0) is 26.4. The van der Waals surface area contributed by atoms with Crippen molar-refractivity contribution in [1.29, 1.82) is 0 Å². The highest BCUT2D eigenvalue weighted by atomic mass is 32.1. The number of hydrogen-bond donors (Lipinski definition) is 0. The summed E-state index contributed by atoms with van der Waals surface area (Å²) in [6.07, 6.45) is 0.453. The van der Waals surface area contributed by atoms with E-state index in [4.69, 9.17) is 14.2 Å². The lowest BCUT2D eigenvalue weighted by atomic mass is 9.99. The van der Waals surface area contributed by atoms with Gasteiger partial charge in [0.25, 0.3) is 11.8 Å². The standard InChI is InChI=1S/C27H28FN3O5S/c1-34-13-12-30(27(33)19-7-4-5-8-21(19)28)17-26(32)31-23(16-22(29-31)25-9-6-14-37-25)20-15-18(35-2)10-11-24(20)36-3/h4-11,14-15,23H,12-13,16-17H2,1-3H3. The third-order valence-electron chi connectivity index (χ3n) is 6.05. The second-order valence-electron chi connectivity index (χ2n) is 8.29. The zero-order valence-electron chi connectivity index (χ0n) is 20.8. The van der Waals surface area contributed by atoms with Gasteiger partial charge in [-0.1, -0.05) is 18.2 Å². The van der Waals surface area contributed by atoms with Crippen LogP contribution in [0.3, 0.4) is 0 Å². The van der Waals surface area contributed by atoms with Crippen LogP contribution in [0.5, 0.6) is 11.5 Å². The zero-order valence-corrected chi connectivity index (χ0v) is 21.7. The normalized spacial score (nSPS) is 14.9. The summed E-state index contributed by atoms with van der Waals surface area (Å²) < 4.78 is 30.5. The summed E-state index contributed by atoms with van der Waals surface area (Å²) in [7, 11) is 4.63. The number of hydrogen-bond acceptors (Lipinski definition) is 7. The van der Waals surface area contributed by atoms with Crippen molar-refractivity contribution in [2.75, 3.05) is 41.0 Å². The molecule has 0 aliphatic carbocycles. The molecule has 0 saturated carbocycles. The number of rotatable bonds is 10. The Morgan fingerprint density at radius 3 is 2.59 bits per heavy atom. The lowest BCUT2D eigenvalue weighted by molar-refractivity contribution is -0.133. The van der Waals surface area contributed by atoms with E-state index in [0.717, 1.165) is 16.2 Å². The quantitative estimate of drug-likeness (QED) is 0.393. The van der Waals surface area contributed by atoms with Crippen LogP contribution in [0, 0.1) is 5.82 Å². The van der Waals surface area contributed by atoms with Gasteiger partial charge in [-0.05, 0) is 41.8 Å². The summed E-state index contributed by atoms with van der Waals surface area (Å²) in [6.45, 7) is -0.0112. The van der Waals surface area contributed by atoms with Crippen molar-refractivity contribution in [2.24, 2.45) is 5.10 Å². The maximum atomic E-state index is 14.4. The Kier molecular flexibility index (Phi) is 8.52. The highest BCUT2D eigenvalue weighted by Crippen LogP contribution is 2.39. The van der Waals surface area contributed by atoms with Crippen molar-refractivity contribution in [1.82, 2.24) is 9.91 Å². The lowest BCUT2D eigenvalue weighted by Crippen LogP contribution is -2.43. The van der Waals surface area contributed by atoms with E-state index in [1.54, 1.807) is 32.4 Å². The van der Waals surface area contributed by atoms with E-state index in [9.17, 15) is 14.0 Å². The molecule has 0 spiro atoms. The van der Waals surface area contributed by atoms with E-state index in [-0.39, 0.29) is 25.3 Å². The van der Waals surface area contributed by atoms with Crippen LogP contribution in [-0.4, -0.2) is 68.5 Å². The topological polar surface area (TPSA) is 80.7 Å². The predicted molar refractivity (Wildman–Crippen MR) is 139 cm³/mol. The fraction of sp³-hybridized carbons (Fsp3) is 0.296. The largest absolute Gasteiger partial charge is 0.497 e. The molecule has 4 rings (SSSR count). The smallest absolute Gasteiger partial charge is 0.262 e. The minimum Gasteiger partial charge on any atom is -0.497 e. The molecule has 0 saturated heterocycles. The summed E-state index contributed by atoms with van der Waals surface area (Å²) in [6, 6.07) is 14.5. The van der Waals surface area contributed by atoms with E-state index in [1.165, 1.54) is 46.6 Å². The molecule has 194 valence electrons. The summed E-state index contributed by atoms with van der Waals surface area (Å²) in [5, 5.41) is 8.01. The molecule has 2 amide bonds. The monoisotopic (exact) mass is 525 g/mol. The Labute approximate surface area is 218 Å². The number of methoxy groups -OCH3 is 3. The predicted octanol–water partition coefficient (Wildman–Crippen LogP) is 4.37. The maximum absolute atomic E-state index is 14.4. The Balaban J connectivity index is 1.68. The van der Waals surface area contributed by atoms with Gasteiger partial charge in [-0.2, -0.15) is 5.10 Å². The van der Waals surface area contributed by atoms with Gasteiger partial charge in [-0.15, -0.1) is 11.3 Å². The molecule has 0 fully saturated rings. The van der Waals surface area contributed by atoms with Gasteiger partial charge < -0.3 is 19.1 Å². The molecule has 1 aliphatic rings. The lowest BCUT2D eigenvalue weighted by Gasteiger charge is -2.28. The van der Waals surface area contributed by atoms with Crippen molar-refractivity contribution >= 4 is 28.9 Å². The third-order valence-corrected chi connectivity index (χ3v) is 6.97. The van der Waals surface area contributed by atoms with Crippen LogP contribution in [-0.2, 0) is 9.53 Å². The first-order valence-electron chi connectivity index (χ1n) is 11.6. The van der Waals surface area contributed by atoms with E-state index >= 15 is 0 Å². The van der Waals surface area contributed by atoms with Crippen molar-refractivity contribution < 1.29 is 28.2 Å². The number of halogens is 1. The second kappa shape index (κ2) is 12.0. The number of nitrogens with zero attached hydrogens (tertiary/aromatic N) is 3. The van der Waals surface area contributed by atoms with Gasteiger partial charge in [-0.25, -0.2) is 9.40 Å². The molecular formula is C27H28FN3O5S. The van der Waals surface area contributed by atoms with Crippen LogP contribution in [0.4, 0.5) is 4.39 Å². The molecule has 2 aromatic carbocycles. The van der Waals surface area contributed by atoms with Crippen molar-refractivity contribution in [3.05, 3.63) is 81.8 Å². The second-order valence-corrected chi connectivity index (χ2v) is 9.24. The van der Waals surface area contributed by atoms with E-state index in [0.29, 0.717) is 17.9 Å². The first-order chi connectivity index (χ1) is 18.0. The Bertz CT molecular complexity index is 1280. The van der Waals surface area contributed by atoms with Crippen LogP contribution < -0.4 is 9.47 Å². The molecule has 2 heterocycles. The highest BCUT2D eigenvalue weighted by Gasteiger charge is 2.36. The van der Waals surface area contributed by atoms with Crippen LogP contribution in [0.2, 0.25) is 0 Å². The van der Waals surface area contributed by atoms with Gasteiger partial charge in [0.05, 0.1) is 43.0 Å². The molecule has 37 heavy (non-hydrogen) atoms. The fourth-order valence-corrected chi connectivity index (χ4v) is 4.89. The van der Waals surface area contributed by atoms with Crippen molar-refractivity contribution in [3.63, 3.8) is 0 Å². The molecule has 0 radical (unpaired) electrons. The summed E-state index contributed by atoms with van der Waals surface area (Å²) in [5.41, 5.74) is 1.37. The van der Waals surface area contributed by atoms with Crippen LogP contribution in [0.25, 0.3) is 0 Å². The minimum absolute atomic E-state index is 0.109. The van der Waals surface area contributed by atoms with Gasteiger partial charge in [0.2, 0.25) is 0 Å². The van der Waals surface area contributed by atoms with Gasteiger partial charge in [0.1, 0.15) is 23.9 Å². The van der Waals surface area contributed by atoms with Gasteiger partial charge >= 0.3 is 0 Å². The summed E-state index contributed by atoms with van der Waals surface area (Å²) in [5.74, 6) is -0.461. The molecule has 3 aromatic rings. The Morgan fingerprint density at radius 2 is 1.92 bits per heavy atom. The number of amides is 2. The Morgan fingerprint density at radius 1 is 1.11 bits per heavy atom. The molecule has 0 bridgehead atoms. The molecular weight excluding hydrogens is 497 g/mol. The van der Waals surface area contributed by atoms with Crippen molar-refractivity contribution in [3.8, 4) is 11.5 Å². The van der Waals surface area contributed by atoms with Crippen LogP contribution in [0.1, 0.15) is 33.3 Å². The third kappa shape index (κ3) is 5.81. The average Bonchev–Trinajstić information content (AvgIpc) is 3.61. The fourth-order valence-electron chi connectivity index (χ4n) is 4.17. The summed E-state index contributed by atoms with van der Waals surface area (Å²) in [4.78, 5) is 29.1. The molecule has 8 nitrogen and oxygen atoms in total. The number of thiophene rings is 1. The van der Waals surface area contributed by atoms with Gasteiger partial charge in [-0.3, -0.25) is 9.59 Å². The van der Waals surface area contributed by atoms with Gasteiger partial charge in [0, 0.05) is 25.6 Å². The number of ether oxygens (including phenoxy) is 3. The number of carbonyl (C=O) groups excluding carboxylic acids is 2. The van der Waals surface area contributed by atoms with E-state index < -0.39 is 23.7 Å². The minimum atomic E-state index is -0.652. The molecule has 10 heteroatoms. The molecule has 1 aromatic heterocycles. The Hall–Kier alpha value is -3.76. The van der Waals surface area contributed by atoms with E-state index in [1.807, 2.05) is 23.6 Å². The van der Waals surface area contributed by atoms with Gasteiger partial charge in [0.15, 0.2) is 0 Å². The SMILES string of the molecule is COCCN(CC(=O)N1N=C(c2cccs2)CC1c1cc(OC)ccc1OC)C(=O)c1ccccc1F.